The molecule has 0 amide bonds. The van der Waals surface area contributed by atoms with Gasteiger partial charge in [-0.3, -0.25) is 10.2 Å². The van der Waals surface area contributed by atoms with Gasteiger partial charge in [0.25, 0.3) is 6.43 Å². The topological polar surface area (TPSA) is 66.7 Å². The highest BCUT2D eigenvalue weighted by Gasteiger charge is 2.29. The van der Waals surface area contributed by atoms with Gasteiger partial charge in [0.05, 0.1) is 25.5 Å². The molecule has 0 radical (unpaired) electrons. The van der Waals surface area contributed by atoms with E-state index in [1.54, 1.807) is 0 Å². The molecular weight excluding hydrogens is 442 g/mol. The van der Waals surface area contributed by atoms with Crippen LogP contribution >= 0.6 is 0 Å². The van der Waals surface area contributed by atoms with Crippen LogP contribution in [0.15, 0.2) is 40.9 Å². The first-order chi connectivity index (χ1) is 15.9. The quantitative estimate of drug-likeness (QED) is 0.549. The van der Waals surface area contributed by atoms with Crippen molar-refractivity contribution in [2.75, 3.05) is 49.6 Å². The predicted octanol–water partition coefficient (Wildman–Crippen LogP) is 4.22. The van der Waals surface area contributed by atoms with Gasteiger partial charge < -0.3 is 14.1 Å². The molecule has 0 spiro atoms. The Morgan fingerprint density at radius 1 is 0.970 bits per heavy atom. The third-order valence-electron chi connectivity index (χ3n) is 5.75. The molecule has 2 aliphatic heterocycles. The number of hydrogen-bond donors (Lipinski definition) is 1. The Bertz CT molecular complexity index is 1110. The van der Waals surface area contributed by atoms with Gasteiger partial charge in [0.2, 0.25) is 0 Å². The highest BCUT2D eigenvalue weighted by atomic mass is 19.3. The van der Waals surface area contributed by atoms with Gasteiger partial charge in [0.1, 0.15) is 23.3 Å². The van der Waals surface area contributed by atoms with Gasteiger partial charge in [0.15, 0.2) is 5.76 Å². The summed E-state index contributed by atoms with van der Waals surface area (Å²) < 4.78 is 64.8. The highest BCUT2D eigenvalue weighted by molar-refractivity contribution is 5.60. The molecule has 33 heavy (non-hydrogen) atoms. The second-order valence-electron chi connectivity index (χ2n) is 7.97. The Morgan fingerprint density at radius 2 is 1.70 bits per heavy atom. The number of rotatable bonds is 6. The van der Waals surface area contributed by atoms with E-state index in [9.17, 15) is 17.6 Å². The molecule has 7 nitrogen and oxygen atoms in total. The largest absolute Gasteiger partial charge is 0.423 e. The van der Waals surface area contributed by atoms with Crippen LogP contribution in [0.4, 0.5) is 35.2 Å². The van der Waals surface area contributed by atoms with E-state index < -0.39 is 18.1 Å². The third-order valence-corrected chi connectivity index (χ3v) is 5.75. The summed E-state index contributed by atoms with van der Waals surface area (Å²) in [6.45, 7) is 4.37. The fourth-order valence-corrected chi connectivity index (χ4v) is 3.91. The van der Waals surface area contributed by atoms with Gasteiger partial charge in [0, 0.05) is 43.4 Å². The zero-order valence-corrected chi connectivity index (χ0v) is 17.5. The lowest BCUT2D eigenvalue weighted by Gasteiger charge is -2.42. The van der Waals surface area contributed by atoms with Crippen molar-refractivity contribution in [3.05, 3.63) is 53.7 Å². The average Bonchev–Trinajstić information content (AvgIpc) is 3.21. The lowest BCUT2D eigenvalue weighted by molar-refractivity contribution is -0.0661. The molecule has 2 fully saturated rings. The summed E-state index contributed by atoms with van der Waals surface area (Å²) in [7, 11) is 0. The number of anilines is 3. The van der Waals surface area contributed by atoms with E-state index in [1.807, 2.05) is 4.90 Å². The van der Waals surface area contributed by atoms with Crippen molar-refractivity contribution >= 4 is 17.7 Å². The molecule has 3 aromatic rings. The van der Waals surface area contributed by atoms with Crippen LogP contribution in [0.3, 0.4) is 0 Å². The van der Waals surface area contributed by atoms with Crippen molar-refractivity contribution in [1.82, 2.24) is 14.9 Å². The van der Waals surface area contributed by atoms with E-state index in [0.29, 0.717) is 24.9 Å². The smallest absolute Gasteiger partial charge is 0.300 e. The molecule has 1 aromatic carbocycles. The highest BCUT2D eigenvalue weighted by Crippen LogP contribution is 2.30. The number of benzene rings is 1. The number of hydrogen-bond acceptors (Lipinski definition) is 7. The first-order valence-corrected chi connectivity index (χ1v) is 10.5. The molecule has 0 aliphatic carbocycles. The molecule has 0 bridgehead atoms. The van der Waals surface area contributed by atoms with Crippen molar-refractivity contribution in [1.29, 1.82) is 0 Å². The minimum absolute atomic E-state index is 0.0330. The molecule has 2 aromatic heterocycles. The number of pyridine rings is 1. The van der Waals surface area contributed by atoms with Gasteiger partial charge >= 0.3 is 6.01 Å². The first kappa shape index (κ1) is 21.7. The lowest BCUT2D eigenvalue weighted by Crippen LogP contribution is -2.56. The van der Waals surface area contributed by atoms with Crippen LogP contribution in [0.1, 0.15) is 12.0 Å². The van der Waals surface area contributed by atoms with Crippen LogP contribution < -0.4 is 10.2 Å². The minimum atomic E-state index is -2.68. The van der Waals surface area contributed by atoms with E-state index in [1.165, 1.54) is 18.3 Å². The third kappa shape index (κ3) is 4.79. The zero-order valence-electron chi connectivity index (χ0n) is 17.5. The van der Waals surface area contributed by atoms with E-state index in [0.717, 1.165) is 44.5 Å². The van der Waals surface area contributed by atoms with Crippen LogP contribution in [0.25, 0.3) is 11.3 Å². The molecule has 174 valence electrons. The summed E-state index contributed by atoms with van der Waals surface area (Å²) in [5.74, 6) is -0.818. The minimum Gasteiger partial charge on any atom is -0.423 e. The molecule has 2 aliphatic rings. The maximum absolute atomic E-state index is 13.5. The van der Waals surface area contributed by atoms with Gasteiger partial charge in [-0.05, 0) is 24.3 Å². The van der Waals surface area contributed by atoms with Crippen molar-refractivity contribution in [2.45, 2.75) is 12.5 Å². The van der Waals surface area contributed by atoms with Gasteiger partial charge in [-0.15, -0.1) is 0 Å². The summed E-state index contributed by atoms with van der Waals surface area (Å²) in [6.07, 6.45) is -1.39. The second kappa shape index (κ2) is 8.99. The number of nitrogens with one attached hydrogen (secondary N) is 1. The summed E-state index contributed by atoms with van der Waals surface area (Å²) >= 11 is 0. The van der Waals surface area contributed by atoms with Crippen LogP contribution in [0, 0.1) is 11.6 Å². The normalized spacial score (nSPS) is 17.4. The number of oxazole rings is 1. The number of alkyl halides is 2. The molecule has 1 N–H and O–H groups in total. The molecule has 0 atom stereocenters. The molecule has 0 unspecified atom stereocenters. The number of piperazine rings is 1. The van der Waals surface area contributed by atoms with Crippen molar-refractivity contribution in [2.24, 2.45) is 0 Å². The maximum Gasteiger partial charge on any atom is 0.300 e. The van der Waals surface area contributed by atoms with Gasteiger partial charge in [-0.25, -0.2) is 27.5 Å². The first-order valence-electron chi connectivity index (χ1n) is 10.5. The monoisotopic (exact) mass is 463 g/mol. The van der Waals surface area contributed by atoms with Crippen molar-refractivity contribution < 1.29 is 26.7 Å². The SMILES string of the molecule is Fc1cc(F)cc(-c2cnc(Nc3cc(C(F)F)cc(N4CCN(C5COC5)CC4)n3)o2)c1. The van der Waals surface area contributed by atoms with Crippen molar-refractivity contribution in [3.8, 4) is 11.3 Å². The zero-order chi connectivity index (χ0) is 22.9. The fourth-order valence-electron chi connectivity index (χ4n) is 3.91. The lowest BCUT2D eigenvalue weighted by atomic mass is 10.1. The average molecular weight is 463 g/mol. The number of aromatic nitrogens is 2. The van der Waals surface area contributed by atoms with E-state index >= 15 is 0 Å². The van der Waals surface area contributed by atoms with Crippen molar-refractivity contribution in [3.63, 3.8) is 0 Å². The molecule has 5 rings (SSSR count). The molecule has 0 saturated carbocycles. The van der Waals surface area contributed by atoms with Crippen LogP contribution in [0.5, 0.6) is 0 Å². The summed E-state index contributed by atoms with van der Waals surface area (Å²) in [6, 6.07) is 5.97. The Hall–Kier alpha value is -3.18. The molecule has 11 heteroatoms. The fraction of sp³-hybridized carbons (Fsp3) is 0.364. The van der Waals surface area contributed by atoms with E-state index in [2.05, 4.69) is 20.2 Å². The van der Waals surface area contributed by atoms with Crippen LogP contribution in [-0.2, 0) is 4.74 Å². The molecular formula is C22H21F4N5O2. The molecule has 2 saturated heterocycles. The maximum atomic E-state index is 13.5. The van der Waals surface area contributed by atoms with Gasteiger partial charge in [-0.2, -0.15) is 0 Å². The predicted molar refractivity (Wildman–Crippen MR) is 113 cm³/mol. The Balaban J connectivity index is 1.34. The Kier molecular flexibility index (Phi) is 5.90. The standard InChI is InChI=1S/C22H21F4N5O2/c23-15-5-13(6-16(24)9-15)18-10-27-22(33-18)29-19-7-14(21(25)26)8-20(28-19)31-3-1-30(2-4-31)17-11-32-12-17/h5-10,17,21H,1-4,11-12H2,(H,27,28,29). The summed E-state index contributed by atoms with van der Waals surface area (Å²) in [4.78, 5) is 12.8. The second-order valence-corrected chi connectivity index (χ2v) is 7.97. The Morgan fingerprint density at radius 3 is 2.33 bits per heavy atom. The Labute approximate surface area is 187 Å². The number of nitrogens with zero attached hydrogens (tertiary/aromatic N) is 4. The number of ether oxygens (including phenoxy) is 1. The molecule has 4 heterocycles. The van der Waals surface area contributed by atoms with Gasteiger partial charge in [-0.1, -0.05) is 0 Å². The summed E-state index contributed by atoms with van der Waals surface area (Å²) in [5.41, 5.74) is -0.0194. The van der Waals surface area contributed by atoms with E-state index in [-0.39, 0.29) is 28.7 Å². The van der Waals surface area contributed by atoms with Crippen LogP contribution in [-0.4, -0.2) is 60.3 Å². The van der Waals surface area contributed by atoms with Crippen LogP contribution in [0.2, 0.25) is 0 Å². The summed E-state index contributed by atoms with van der Waals surface area (Å²) in [5, 5.41) is 2.78. The van der Waals surface area contributed by atoms with E-state index in [4.69, 9.17) is 9.15 Å². The number of halogens is 4.